The average Bonchev–Trinajstić information content (AvgIpc) is 3.87. The molecule has 10 nitrogen and oxygen atoms in total. The van der Waals surface area contributed by atoms with Crippen molar-refractivity contribution in [3.8, 4) is 22.8 Å². The van der Waals surface area contributed by atoms with Gasteiger partial charge in [-0.05, 0) is 123 Å². The molecule has 13 heteroatoms. The average molecular weight is 1020 g/mol. The van der Waals surface area contributed by atoms with Crippen molar-refractivity contribution >= 4 is 66.2 Å². The summed E-state index contributed by atoms with van der Waals surface area (Å²) in [6.07, 6.45) is 7.49. The molecule has 71 heavy (non-hydrogen) atoms. The minimum atomic E-state index is -0.290. The summed E-state index contributed by atoms with van der Waals surface area (Å²) in [5, 5.41) is 1.90. The molecule has 4 aromatic carbocycles. The third kappa shape index (κ3) is 8.20. The van der Waals surface area contributed by atoms with Crippen LogP contribution in [0.1, 0.15) is 47.9 Å². The van der Waals surface area contributed by atoms with Crippen LogP contribution in [0.2, 0.25) is 0 Å². The summed E-state index contributed by atoms with van der Waals surface area (Å²) in [6.45, 7) is 12.3. The van der Waals surface area contributed by atoms with Gasteiger partial charge in [-0.15, -0.1) is 0 Å². The van der Waals surface area contributed by atoms with E-state index in [2.05, 4.69) is 90.8 Å². The lowest BCUT2D eigenvalue weighted by molar-refractivity contribution is 0.0557. The highest BCUT2D eigenvalue weighted by molar-refractivity contribution is 9.10. The van der Waals surface area contributed by atoms with Gasteiger partial charge in [-0.25, -0.2) is 18.7 Å². The summed E-state index contributed by atoms with van der Waals surface area (Å²) in [5.41, 5.74) is 15.1. The largest absolute Gasteiger partial charge is 0.381 e. The summed E-state index contributed by atoms with van der Waals surface area (Å²) in [7, 11) is 0. The Morgan fingerprint density at radius 3 is 1.51 bits per heavy atom. The first-order valence-corrected chi connectivity index (χ1v) is 25.5. The zero-order chi connectivity index (χ0) is 48.3. The van der Waals surface area contributed by atoms with Crippen LogP contribution in [0.25, 0.3) is 44.6 Å². The highest BCUT2D eigenvalue weighted by Crippen LogP contribution is 2.54. The van der Waals surface area contributed by atoms with E-state index in [4.69, 9.17) is 24.2 Å². The van der Waals surface area contributed by atoms with Gasteiger partial charge in [0.25, 0.3) is 0 Å². The minimum Gasteiger partial charge on any atom is -0.381 e. The zero-order valence-corrected chi connectivity index (χ0v) is 41.5. The molecule has 2 spiro atoms. The number of benzene rings is 4. The van der Waals surface area contributed by atoms with Gasteiger partial charge in [0.2, 0.25) is 0 Å². The SMILES string of the molecule is Cc1c(-c2ccccn2)nc2cc(F)ccc2c1N1CC2(CCOCC2)c2ccc(Br)cc21.Cc1c(-c2ccccn2)nc2cc(F)ccc2c1N1CC2(CCOCC2)c2ccc(N3CCOCC3)cc21. The van der Waals surface area contributed by atoms with Crippen LogP contribution in [0.4, 0.5) is 37.2 Å². The van der Waals surface area contributed by atoms with Crippen molar-refractivity contribution in [3.63, 3.8) is 0 Å². The Labute approximate surface area is 420 Å². The monoisotopic (exact) mass is 1010 g/mol. The molecule has 0 bridgehead atoms. The molecule has 8 aromatic rings. The number of pyridine rings is 4. The molecule has 0 atom stereocenters. The van der Waals surface area contributed by atoms with E-state index in [1.807, 2.05) is 48.5 Å². The standard InChI is InChI=1S/C31H31FN4O2.C27H23BrFN3O/c1-21-29(26-4-2-3-11-33-26)34-27-18-22(32)5-7-24(27)30(21)36-20-31(9-14-37-15-10-31)25-8-6-23(19-28(25)36)35-12-16-38-17-13-35;1-17-25(22-4-2-3-11-30-22)31-23-15-19(29)6-7-20(23)26(17)32-16-27(9-12-33-13-10-27)21-8-5-18(28)14-24(21)32/h2-8,11,18-19H,9-10,12-17,20H2,1H3;2-8,11,14-15H,9-10,12-13,16H2,1H3. The van der Waals surface area contributed by atoms with Gasteiger partial charge < -0.3 is 28.9 Å². The maximum Gasteiger partial charge on any atom is 0.125 e. The van der Waals surface area contributed by atoms with Crippen LogP contribution in [0.15, 0.2) is 126 Å². The molecule has 360 valence electrons. The Balaban J connectivity index is 0.000000147. The van der Waals surface area contributed by atoms with Crippen LogP contribution >= 0.6 is 15.9 Å². The number of rotatable bonds is 5. The van der Waals surface area contributed by atoms with Gasteiger partial charge >= 0.3 is 0 Å². The Hall–Kier alpha value is -6.38. The van der Waals surface area contributed by atoms with E-state index in [0.717, 1.165) is 152 Å². The van der Waals surface area contributed by atoms with E-state index in [9.17, 15) is 8.78 Å². The maximum absolute atomic E-state index is 14.5. The number of anilines is 5. The molecule has 3 saturated heterocycles. The van der Waals surface area contributed by atoms with Gasteiger partial charge in [-0.3, -0.25) is 9.97 Å². The van der Waals surface area contributed by atoms with Crippen molar-refractivity contribution in [1.29, 1.82) is 0 Å². The van der Waals surface area contributed by atoms with Crippen LogP contribution < -0.4 is 14.7 Å². The summed E-state index contributed by atoms with van der Waals surface area (Å²) in [5.74, 6) is -0.577. The molecule has 9 heterocycles. The molecule has 0 N–H and O–H groups in total. The third-order valence-electron chi connectivity index (χ3n) is 15.5. The first kappa shape index (κ1) is 45.7. The summed E-state index contributed by atoms with van der Waals surface area (Å²) >= 11 is 3.68. The summed E-state index contributed by atoms with van der Waals surface area (Å²) < 4.78 is 46.9. The first-order chi connectivity index (χ1) is 34.7. The van der Waals surface area contributed by atoms with Crippen LogP contribution in [0.5, 0.6) is 0 Å². The van der Waals surface area contributed by atoms with Crippen molar-refractivity contribution in [2.45, 2.75) is 50.4 Å². The fraction of sp³-hybridized carbons (Fsp3) is 0.310. The molecule has 0 unspecified atom stereocenters. The quantitative estimate of drug-likeness (QED) is 0.166. The highest BCUT2D eigenvalue weighted by Gasteiger charge is 2.47. The lowest BCUT2D eigenvalue weighted by Crippen LogP contribution is -2.37. The van der Waals surface area contributed by atoms with Crippen molar-refractivity contribution < 1.29 is 23.0 Å². The number of hydrogen-bond donors (Lipinski definition) is 0. The van der Waals surface area contributed by atoms with Crippen LogP contribution in [-0.2, 0) is 25.0 Å². The minimum absolute atomic E-state index is 0.0182. The van der Waals surface area contributed by atoms with Crippen LogP contribution in [0.3, 0.4) is 0 Å². The molecule has 0 amide bonds. The van der Waals surface area contributed by atoms with E-state index in [1.165, 1.54) is 46.4 Å². The van der Waals surface area contributed by atoms with Crippen LogP contribution in [-0.4, -0.2) is 85.8 Å². The van der Waals surface area contributed by atoms with Gasteiger partial charge in [-0.1, -0.05) is 40.2 Å². The molecule has 3 fully saturated rings. The topological polar surface area (TPSA) is 89.0 Å². The van der Waals surface area contributed by atoms with Gasteiger partial charge in [0.1, 0.15) is 11.6 Å². The predicted molar refractivity (Wildman–Crippen MR) is 280 cm³/mol. The molecule has 0 aliphatic carbocycles. The molecule has 4 aromatic heterocycles. The lowest BCUT2D eigenvalue weighted by atomic mass is 9.76. The Kier molecular flexibility index (Phi) is 12.0. The van der Waals surface area contributed by atoms with E-state index in [1.54, 1.807) is 18.5 Å². The molecule has 5 aliphatic heterocycles. The fourth-order valence-corrected chi connectivity index (χ4v) is 12.3. The smallest absolute Gasteiger partial charge is 0.125 e. The zero-order valence-electron chi connectivity index (χ0n) is 39.9. The molecule has 0 saturated carbocycles. The lowest BCUT2D eigenvalue weighted by Gasteiger charge is -2.35. The molecular formula is C58H54BrF2N7O3. The van der Waals surface area contributed by atoms with Crippen molar-refractivity contribution in [2.24, 2.45) is 0 Å². The van der Waals surface area contributed by atoms with Gasteiger partial charge in [0.05, 0.1) is 58.4 Å². The number of aromatic nitrogens is 4. The second kappa shape index (κ2) is 18.7. The Morgan fingerprint density at radius 1 is 0.535 bits per heavy atom. The predicted octanol–water partition coefficient (Wildman–Crippen LogP) is 12.5. The maximum atomic E-state index is 14.5. The van der Waals surface area contributed by atoms with E-state index < -0.39 is 0 Å². The third-order valence-corrected chi connectivity index (χ3v) is 16.0. The van der Waals surface area contributed by atoms with Gasteiger partial charge in [0.15, 0.2) is 0 Å². The number of halogens is 3. The van der Waals surface area contributed by atoms with E-state index in [0.29, 0.717) is 11.0 Å². The number of hydrogen-bond acceptors (Lipinski definition) is 10. The van der Waals surface area contributed by atoms with Gasteiger partial charge in [-0.2, -0.15) is 0 Å². The highest BCUT2D eigenvalue weighted by atomic mass is 79.9. The van der Waals surface area contributed by atoms with Crippen LogP contribution in [0, 0.1) is 25.5 Å². The molecular weight excluding hydrogens is 961 g/mol. The first-order valence-electron chi connectivity index (χ1n) is 24.7. The number of morpholine rings is 1. The molecule has 13 rings (SSSR count). The Morgan fingerprint density at radius 2 is 1.01 bits per heavy atom. The second-order valence-corrected chi connectivity index (χ2v) is 20.5. The van der Waals surface area contributed by atoms with Crippen molar-refractivity contribution in [1.82, 2.24) is 19.9 Å². The van der Waals surface area contributed by atoms with E-state index >= 15 is 0 Å². The van der Waals surface area contributed by atoms with Crippen molar-refractivity contribution in [2.75, 3.05) is 80.5 Å². The summed E-state index contributed by atoms with van der Waals surface area (Å²) in [4.78, 5) is 26.2. The summed E-state index contributed by atoms with van der Waals surface area (Å²) in [6, 6.07) is 35.0. The van der Waals surface area contributed by atoms with Crippen molar-refractivity contribution in [3.05, 3.63) is 160 Å². The number of ether oxygens (including phenoxy) is 3. The normalized spacial score (nSPS) is 18.0. The molecule has 5 aliphatic rings. The number of fused-ring (bicyclic) bond motifs is 6. The van der Waals surface area contributed by atoms with E-state index in [-0.39, 0.29) is 22.5 Å². The Bertz CT molecular complexity index is 3310. The fourth-order valence-electron chi connectivity index (χ4n) is 11.9. The van der Waals surface area contributed by atoms with Gasteiger partial charge in [0, 0.05) is 131 Å². The second-order valence-electron chi connectivity index (χ2n) is 19.5. The number of nitrogens with zero attached hydrogens (tertiary/aromatic N) is 7. The molecule has 0 radical (unpaired) electrons.